The lowest BCUT2D eigenvalue weighted by Gasteiger charge is -2.13. The first-order valence-electron chi connectivity index (χ1n) is 7.57. The van der Waals surface area contributed by atoms with Gasteiger partial charge in [0.25, 0.3) is 11.8 Å². The summed E-state index contributed by atoms with van der Waals surface area (Å²) in [6.45, 7) is 0. The van der Waals surface area contributed by atoms with Crippen LogP contribution in [0.5, 0.6) is 11.5 Å². The third-order valence-electron chi connectivity index (χ3n) is 4.97. The molecule has 0 aromatic heterocycles. The van der Waals surface area contributed by atoms with Gasteiger partial charge in [0, 0.05) is 0 Å². The van der Waals surface area contributed by atoms with Gasteiger partial charge in [0.2, 0.25) is 0 Å². The minimum absolute atomic E-state index is 0.0233. The van der Waals surface area contributed by atoms with E-state index in [2.05, 4.69) is 17.3 Å². The van der Waals surface area contributed by atoms with Crippen LogP contribution in [0.25, 0.3) is 0 Å². The van der Waals surface area contributed by atoms with Gasteiger partial charge in [0.15, 0.2) is 11.5 Å². The van der Waals surface area contributed by atoms with Crippen molar-refractivity contribution in [3.8, 4) is 11.5 Å². The van der Waals surface area contributed by atoms with Gasteiger partial charge in [-0.2, -0.15) is 10.1 Å². The Hall–Kier alpha value is -2.63. The molecule has 6 heteroatoms. The Kier molecular flexibility index (Phi) is 3.01. The van der Waals surface area contributed by atoms with Crippen LogP contribution in [0.1, 0.15) is 12.0 Å². The van der Waals surface area contributed by atoms with E-state index in [1.54, 1.807) is 12.1 Å². The Morgan fingerprint density at radius 3 is 2.48 bits per heavy atom. The molecule has 23 heavy (non-hydrogen) atoms. The number of imide groups is 1. The maximum Gasteiger partial charge on any atom is 0.254 e. The number of rotatable bonds is 3. The van der Waals surface area contributed by atoms with Gasteiger partial charge in [-0.1, -0.05) is 12.2 Å². The van der Waals surface area contributed by atoms with Crippen LogP contribution in [0.3, 0.4) is 0 Å². The highest BCUT2D eigenvalue weighted by Gasteiger charge is 2.59. The first kappa shape index (κ1) is 14.0. The number of nitrogens with zero attached hydrogens (tertiary/aromatic N) is 2. The van der Waals surface area contributed by atoms with Gasteiger partial charge in [-0.05, 0) is 42.0 Å². The number of aromatic hydroxyl groups is 1. The fourth-order valence-corrected chi connectivity index (χ4v) is 3.90. The first-order valence-corrected chi connectivity index (χ1v) is 7.57. The zero-order chi connectivity index (χ0) is 16.1. The second-order valence-corrected chi connectivity index (χ2v) is 6.16. The van der Waals surface area contributed by atoms with E-state index in [0.717, 1.165) is 11.4 Å². The third kappa shape index (κ3) is 1.98. The second-order valence-electron chi connectivity index (χ2n) is 6.16. The second kappa shape index (κ2) is 4.94. The van der Waals surface area contributed by atoms with Crippen molar-refractivity contribution >= 4 is 18.0 Å². The molecule has 1 aliphatic heterocycles. The molecule has 1 N–H and O–H groups in total. The van der Waals surface area contributed by atoms with E-state index in [0.29, 0.717) is 11.3 Å². The Balaban J connectivity index is 1.58. The zero-order valence-electron chi connectivity index (χ0n) is 12.5. The number of benzene rings is 1. The molecule has 0 unspecified atom stereocenters. The highest BCUT2D eigenvalue weighted by atomic mass is 16.5. The first-order chi connectivity index (χ1) is 11.1. The summed E-state index contributed by atoms with van der Waals surface area (Å²) in [5.41, 5.74) is 0.637. The van der Waals surface area contributed by atoms with Crippen LogP contribution >= 0.6 is 0 Å². The normalized spacial score (nSPS) is 31.4. The van der Waals surface area contributed by atoms with Crippen LogP contribution < -0.4 is 4.74 Å². The number of carbonyl (C=O) groups excluding carboxylic acids is 2. The van der Waals surface area contributed by atoms with Gasteiger partial charge in [-0.15, -0.1) is 0 Å². The minimum Gasteiger partial charge on any atom is -0.504 e. The number of hydrazone groups is 1. The molecule has 2 aliphatic carbocycles. The lowest BCUT2D eigenvalue weighted by molar-refractivity contribution is -0.140. The molecule has 2 amide bonds. The van der Waals surface area contributed by atoms with Crippen molar-refractivity contribution < 1.29 is 19.4 Å². The number of ether oxygens (including phenoxy) is 1. The summed E-state index contributed by atoms with van der Waals surface area (Å²) >= 11 is 0. The van der Waals surface area contributed by atoms with Gasteiger partial charge in [0.1, 0.15) is 0 Å². The number of phenolic OH excluding ortho intramolecular Hbond substituents is 1. The lowest BCUT2D eigenvalue weighted by Crippen LogP contribution is -2.28. The van der Waals surface area contributed by atoms with Crippen LogP contribution in [0.15, 0.2) is 35.5 Å². The van der Waals surface area contributed by atoms with Crippen molar-refractivity contribution in [2.75, 3.05) is 7.11 Å². The van der Waals surface area contributed by atoms with E-state index in [1.165, 1.54) is 19.4 Å². The van der Waals surface area contributed by atoms with Gasteiger partial charge in [0.05, 0.1) is 25.2 Å². The monoisotopic (exact) mass is 312 g/mol. The van der Waals surface area contributed by atoms with Crippen molar-refractivity contribution in [1.82, 2.24) is 5.01 Å². The molecule has 1 saturated heterocycles. The van der Waals surface area contributed by atoms with Crippen LogP contribution in [0.2, 0.25) is 0 Å². The number of hydrogen-bond donors (Lipinski definition) is 1. The minimum atomic E-state index is -0.246. The van der Waals surface area contributed by atoms with E-state index in [-0.39, 0.29) is 41.2 Å². The molecule has 1 aromatic carbocycles. The summed E-state index contributed by atoms with van der Waals surface area (Å²) in [5, 5.41) is 14.7. The quantitative estimate of drug-likeness (QED) is 0.522. The van der Waals surface area contributed by atoms with Crippen LogP contribution in [0, 0.1) is 23.7 Å². The molecule has 1 heterocycles. The maximum atomic E-state index is 12.5. The lowest BCUT2D eigenvalue weighted by atomic mass is 9.85. The van der Waals surface area contributed by atoms with Crippen molar-refractivity contribution in [2.45, 2.75) is 6.42 Å². The average molecular weight is 312 g/mol. The molecular weight excluding hydrogens is 296 g/mol. The standard InChI is InChI=1S/C17H16N2O4/c1-23-13-6-9(2-5-12(13)20)8-18-19-16(21)14-10-3-4-11(7-10)15(14)17(19)22/h2-6,8,10-11,14-15,20H,7H2,1H3/b18-8+/t10-,11+,14-,15-/m0/s1. The maximum absolute atomic E-state index is 12.5. The molecule has 0 spiro atoms. The SMILES string of the molecule is COc1cc(/C=N/N2C(=O)[C@@H]3[C@@H](C2=O)[C@H]2C=C[C@@H]3C2)ccc1O. The summed E-state index contributed by atoms with van der Waals surface area (Å²) in [4.78, 5) is 25.0. The highest BCUT2D eigenvalue weighted by molar-refractivity contribution is 6.06. The predicted molar refractivity (Wildman–Crippen MR) is 81.8 cm³/mol. The third-order valence-corrected chi connectivity index (χ3v) is 4.97. The largest absolute Gasteiger partial charge is 0.504 e. The zero-order valence-corrected chi connectivity index (χ0v) is 12.5. The van der Waals surface area contributed by atoms with E-state index >= 15 is 0 Å². The molecule has 4 rings (SSSR count). The predicted octanol–water partition coefficient (Wildman–Crippen LogP) is 1.54. The van der Waals surface area contributed by atoms with Crippen molar-refractivity contribution in [3.05, 3.63) is 35.9 Å². The number of fused-ring (bicyclic) bond motifs is 5. The molecule has 4 atom stereocenters. The molecule has 0 radical (unpaired) electrons. The Labute approximate surface area is 133 Å². The van der Waals surface area contributed by atoms with Gasteiger partial charge >= 0.3 is 0 Å². The number of allylic oxidation sites excluding steroid dienone is 2. The van der Waals surface area contributed by atoms with Crippen LogP contribution in [-0.4, -0.2) is 35.3 Å². The summed E-state index contributed by atoms with van der Waals surface area (Å²) in [7, 11) is 1.45. The fourth-order valence-electron chi connectivity index (χ4n) is 3.90. The van der Waals surface area contributed by atoms with Gasteiger partial charge in [-0.25, -0.2) is 0 Å². The molecule has 1 saturated carbocycles. The van der Waals surface area contributed by atoms with Crippen molar-refractivity contribution in [2.24, 2.45) is 28.8 Å². The number of phenols is 1. The molecule has 1 aromatic rings. The fraction of sp³-hybridized carbons (Fsp3) is 0.353. The van der Waals surface area contributed by atoms with E-state index < -0.39 is 0 Å². The molecule has 2 fully saturated rings. The van der Waals surface area contributed by atoms with Crippen molar-refractivity contribution in [1.29, 1.82) is 0 Å². The van der Waals surface area contributed by atoms with Gasteiger partial charge < -0.3 is 9.84 Å². The average Bonchev–Trinajstić information content (AvgIpc) is 3.22. The van der Waals surface area contributed by atoms with Crippen LogP contribution in [-0.2, 0) is 9.59 Å². The summed E-state index contributed by atoms with van der Waals surface area (Å²) in [5.74, 6) is -0.223. The Morgan fingerprint density at radius 1 is 1.22 bits per heavy atom. The molecule has 118 valence electrons. The van der Waals surface area contributed by atoms with E-state index in [4.69, 9.17) is 4.74 Å². The van der Waals surface area contributed by atoms with Crippen LogP contribution in [0.4, 0.5) is 0 Å². The van der Waals surface area contributed by atoms with Crippen molar-refractivity contribution in [3.63, 3.8) is 0 Å². The summed E-state index contributed by atoms with van der Waals surface area (Å²) < 4.78 is 5.03. The summed E-state index contributed by atoms with van der Waals surface area (Å²) in [6, 6.07) is 4.71. The number of carbonyl (C=O) groups is 2. The molecular formula is C17H16N2O4. The molecule has 2 bridgehead atoms. The summed E-state index contributed by atoms with van der Waals surface area (Å²) in [6.07, 6.45) is 6.44. The van der Waals surface area contributed by atoms with E-state index in [1.807, 2.05) is 0 Å². The number of methoxy groups -OCH3 is 1. The van der Waals surface area contributed by atoms with E-state index in [9.17, 15) is 14.7 Å². The smallest absolute Gasteiger partial charge is 0.254 e. The Bertz CT molecular complexity index is 725. The molecule has 3 aliphatic rings. The highest BCUT2D eigenvalue weighted by Crippen LogP contribution is 2.52. The number of amides is 2. The number of hydrogen-bond acceptors (Lipinski definition) is 5. The van der Waals surface area contributed by atoms with Gasteiger partial charge in [-0.3, -0.25) is 9.59 Å². The topological polar surface area (TPSA) is 79.2 Å². The molecule has 6 nitrogen and oxygen atoms in total. The Morgan fingerprint density at radius 2 is 1.87 bits per heavy atom.